The van der Waals surface area contributed by atoms with E-state index in [1.807, 2.05) is 6.07 Å². The van der Waals surface area contributed by atoms with Gasteiger partial charge in [0, 0.05) is 13.3 Å². The number of carbonyl (C=O) groups is 1. The minimum absolute atomic E-state index is 0.0785. The highest BCUT2D eigenvalue weighted by Crippen LogP contribution is 2.09. The van der Waals surface area contributed by atoms with Crippen LogP contribution in [0.15, 0.2) is 16.8 Å². The van der Waals surface area contributed by atoms with Crippen LogP contribution in [0.2, 0.25) is 0 Å². The number of carbonyl (C=O) groups excluding carboxylic acids is 1. The molecule has 0 unspecified atom stereocenters. The first-order chi connectivity index (χ1) is 4.74. The van der Waals surface area contributed by atoms with Gasteiger partial charge in [-0.15, -0.1) is 0 Å². The van der Waals surface area contributed by atoms with Crippen molar-refractivity contribution in [2.45, 2.75) is 13.3 Å². The molecule has 0 bridgehead atoms. The highest BCUT2D eigenvalue weighted by molar-refractivity contribution is 6.07. The molecular formula is C7H6N2O. The highest BCUT2D eigenvalue weighted by Gasteiger charge is 2.10. The van der Waals surface area contributed by atoms with Crippen LogP contribution in [0.25, 0.3) is 0 Å². The van der Waals surface area contributed by atoms with Gasteiger partial charge in [0.1, 0.15) is 17.5 Å². The van der Waals surface area contributed by atoms with E-state index in [-0.39, 0.29) is 5.78 Å². The van der Waals surface area contributed by atoms with E-state index in [4.69, 9.17) is 5.26 Å². The zero-order valence-corrected chi connectivity index (χ0v) is 5.59. The fraction of sp³-hybridized carbons (Fsp3) is 0.286. The van der Waals surface area contributed by atoms with Crippen molar-refractivity contribution >= 4 is 11.5 Å². The number of allylic oxidation sites excluding steroid dienone is 2. The second-order valence-corrected chi connectivity index (χ2v) is 2.02. The summed E-state index contributed by atoms with van der Waals surface area (Å²) in [4.78, 5) is 14.4. The summed E-state index contributed by atoms with van der Waals surface area (Å²) < 4.78 is 0. The molecule has 0 radical (unpaired) electrons. The van der Waals surface area contributed by atoms with Gasteiger partial charge in [0.15, 0.2) is 5.78 Å². The predicted molar refractivity (Wildman–Crippen MR) is 36.4 cm³/mol. The summed E-state index contributed by atoms with van der Waals surface area (Å²) in [6.07, 6.45) is 2.17. The van der Waals surface area contributed by atoms with E-state index in [9.17, 15) is 4.79 Å². The van der Waals surface area contributed by atoms with Crippen LogP contribution in [0.5, 0.6) is 0 Å². The van der Waals surface area contributed by atoms with Gasteiger partial charge in [-0.25, -0.2) is 4.99 Å². The summed E-state index contributed by atoms with van der Waals surface area (Å²) in [7, 11) is 0. The molecule has 0 aromatic rings. The fourth-order valence-electron chi connectivity index (χ4n) is 0.723. The van der Waals surface area contributed by atoms with Gasteiger partial charge in [0.05, 0.1) is 0 Å². The Balaban J connectivity index is 2.80. The van der Waals surface area contributed by atoms with E-state index in [0.29, 0.717) is 17.8 Å². The first kappa shape index (κ1) is 6.69. The van der Waals surface area contributed by atoms with Crippen molar-refractivity contribution in [1.29, 1.82) is 5.26 Å². The molecular weight excluding hydrogens is 128 g/mol. The third-order valence-corrected chi connectivity index (χ3v) is 1.23. The van der Waals surface area contributed by atoms with Crippen molar-refractivity contribution < 1.29 is 4.79 Å². The Kier molecular flexibility index (Phi) is 1.63. The van der Waals surface area contributed by atoms with E-state index >= 15 is 0 Å². The van der Waals surface area contributed by atoms with Gasteiger partial charge in [0.2, 0.25) is 0 Å². The van der Waals surface area contributed by atoms with Gasteiger partial charge in [-0.05, 0) is 6.08 Å². The summed E-state index contributed by atoms with van der Waals surface area (Å²) in [5.74, 6) is -0.0785. The molecule has 0 saturated carbocycles. The van der Waals surface area contributed by atoms with Gasteiger partial charge in [-0.1, -0.05) is 0 Å². The van der Waals surface area contributed by atoms with E-state index in [1.54, 1.807) is 6.08 Å². The second-order valence-electron chi connectivity index (χ2n) is 2.02. The van der Waals surface area contributed by atoms with E-state index < -0.39 is 0 Å². The van der Waals surface area contributed by atoms with Crippen LogP contribution in [0.1, 0.15) is 13.3 Å². The monoisotopic (exact) mass is 134 g/mol. The molecule has 1 aliphatic heterocycles. The van der Waals surface area contributed by atoms with Crippen molar-refractivity contribution in [2.75, 3.05) is 0 Å². The number of hydrogen-bond acceptors (Lipinski definition) is 3. The molecule has 0 saturated heterocycles. The lowest BCUT2D eigenvalue weighted by Crippen LogP contribution is -1.90. The molecule has 1 aliphatic rings. The van der Waals surface area contributed by atoms with E-state index in [0.717, 1.165) is 0 Å². The first-order valence-electron chi connectivity index (χ1n) is 2.93. The lowest BCUT2D eigenvalue weighted by atomic mass is 10.3. The number of Topliss-reactive ketones (excluding diaryl/α,β-unsaturated/α-hetero) is 1. The Bertz CT molecular complexity index is 268. The molecule has 3 heteroatoms. The minimum atomic E-state index is -0.0785. The summed E-state index contributed by atoms with van der Waals surface area (Å²) in [5.41, 5.74) is 0.835. The van der Waals surface area contributed by atoms with E-state index in [2.05, 4.69) is 4.99 Å². The third kappa shape index (κ3) is 1.11. The quantitative estimate of drug-likeness (QED) is 0.533. The molecule has 0 fully saturated rings. The van der Waals surface area contributed by atoms with Gasteiger partial charge in [-0.3, -0.25) is 4.79 Å². The number of aliphatic imine (C=N–C) groups is 1. The number of rotatable bonds is 1. The Morgan fingerprint density at radius 3 is 2.90 bits per heavy atom. The normalized spacial score (nSPS) is 15.6. The lowest BCUT2D eigenvalue weighted by Gasteiger charge is -1.84. The zero-order chi connectivity index (χ0) is 7.56. The Morgan fingerprint density at radius 2 is 2.60 bits per heavy atom. The van der Waals surface area contributed by atoms with Crippen LogP contribution in [-0.4, -0.2) is 11.5 Å². The molecule has 0 aromatic carbocycles. The maximum atomic E-state index is 10.6. The Morgan fingerprint density at radius 1 is 1.90 bits per heavy atom. The minimum Gasteiger partial charge on any atom is -0.293 e. The van der Waals surface area contributed by atoms with Crippen LogP contribution in [-0.2, 0) is 4.79 Å². The van der Waals surface area contributed by atoms with Crippen molar-refractivity contribution in [2.24, 2.45) is 4.99 Å². The van der Waals surface area contributed by atoms with Gasteiger partial charge in [0.25, 0.3) is 0 Å². The third-order valence-electron chi connectivity index (χ3n) is 1.23. The Hall–Kier alpha value is -1.43. The average molecular weight is 134 g/mol. The first-order valence-corrected chi connectivity index (χ1v) is 2.93. The summed E-state index contributed by atoms with van der Waals surface area (Å²) in [6, 6.07) is 1.89. The standard InChI is InChI=1S/C7H6N2O/c1-5(10)7-3-2-6(4-8)9-7/h3H,2H2,1H3. The molecule has 50 valence electrons. The van der Waals surface area contributed by atoms with Crippen LogP contribution in [0, 0.1) is 11.3 Å². The molecule has 0 N–H and O–H groups in total. The molecule has 10 heavy (non-hydrogen) atoms. The average Bonchev–Trinajstić information content (AvgIpc) is 2.34. The van der Waals surface area contributed by atoms with Crippen molar-refractivity contribution in [3.05, 3.63) is 11.8 Å². The number of ketones is 1. The smallest absolute Gasteiger partial charge is 0.177 e. The van der Waals surface area contributed by atoms with Crippen LogP contribution in [0.3, 0.4) is 0 Å². The predicted octanol–water partition coefficient (Wildman–Crippen LogP) is 0.828. The Labute approximate surface area is 58.7 Å². The molecule has 0 spiro atoms. The number of nitrogens with zero attached hydrogens (tertiary/aromatic N) is 2. The van der Waals surface area contributed by atoms with Crippen LogP contribution in [0.4, 0.5) is 0 Å². The second kappa shape index (κ2) is 2.44. The molecule has 0 aromatic heterocycles. The van der Waals surface area contributed by atoms with Crippen LogP contribution >= 0.6 is 0 Å². The molecule has 1 heterocycles. The largest absolute Gasteiger partial charge is 0.293 e. The van der Waals surface area contributed by atoms with Crippen molar-refractivity contribution in [3.8, 4) is 6.07 Å². The van der Waals surface area contributed by atoms with Gasteiger partial charge >= 0.3 is 0 Å². The summed E-state index contributed by atoms with van der Waals surface area (Å²) in [5, 5.41) is 8.34. The zero-order valence-electron chi connectivity index (χ0n) is 5.59. The lowest BCUT2D eigenvalue weighted by molar-refractivity contribution is -0.113. The SMILES string of the molecule is CC(=O)C1=CCC(C#N)=N1. The number of nitriles is 1. The maximum absolute atomic E-state index is 10.6. The summed E-state index contributed by atoms with van der Waals surface area (Å²) >= 11 is 0. The number of hydrogen-bond donors (Lipinski definition) is 0. The molecule has 1 rings (SSSR count). The fourth-order valence-corrected chi connectivity index (χ4v) is 0.723. The highest BCUT2D eigenvalue weighted by atomic mass is 16.1. The van der Waals surface area contributed by atoms with Crippen molar-refractivity contribution in [3.63, 3.8) is 0 Å². The van der Waals surface area contributed by atoms with Crippen LogP contribution < -0.4 is 0 Å². The molecule has 0 amide bonds. The molecule has 0 aliphatic carbocycles. The molecule has 0 atom stereocenters. The van der Waals surface area contributed by atoms with Gasteiger partial charge < -0.3 is 0 Å². The maximum Gasteiger partial charge on any atom is 0.177 e. The summed E-state index contributed by atoms with van der Waals surface area (Å²) in [6.45, 7) is 1.44. The van der Waals surface area contributed by atoms with E-state index in [1.165, 1.54) is 6.92 Å². The topological polar surface area (TPSA) is 53.2 Å². The molecule has 3 nitrogen and oxygen atoms in total. The van der Waals surface area contributed by atoms with Gasteiger partial charge in [-0.2, -0.15) is 5.26 Å². The van der Waals surface area contributed by atoms with Crippen molar-refractivity contribution in [1.82, 2.24) is 0 Å².